The van der Waals surface area contributed by atoms with Crippen molar-refractivity contribution in [3.63, 3.8) is 0 Å². The number of rotatable bonds is 9. The minimum Gasteiger partial charge on any atom is -0.489 e. The fraction of sp³-hybridized carbons (Fsp3) is 0.444. The van der Waals surface area contributed by atoms with Crippen LogP contribution in [0.15, 0.2) is 36.7 Å². The van der Waals surface area contributed by atoms with E-state index in [2.05, 4.69) is 25.1 Å². The third-order valence-corrected chi connectivity index (χ3v) is 7.47. The molecule has 2 aliphatic heterocycles. The van der Waals surface area contributed by atoms with E-state index in [9.17, 15) is 9.18 Å². The van der Waals surface area contributed by atoms with Gasteiger partial charge in [-0.3, -0.25) is 14.6 Å². The Balaban J connectivity index is 1.17. The SMILES string of the molecule is O=C1CN2CCN(CCOc3cc4ncnc(Nc5ccc(F)c(Cl)c5)c4cc3OCC3CC3)CC2CO1. The number of halogens is 2. The molecule has 9 nitrogen and oxygen atoms in total. The summed E-state index contributed by atoms with van der Waals surface area (Å²) in [5.74, 6) is 1.79. The van der Waals surface area contributed by atoms with Gasteiger partial charge in [-0.1, -0.05) is 11.6 Å². The van der Waals surface area contributed by atoms with Gasteiger partial charge in [-0.05, 0) is 43.0 Å². The molecule has 0 amide bonds. The van der Waals surface area contributed by atoms with Crippen LogP contribution in [-0.2, 0) is 9.53 Å². The number of carbonyl (C=O) groups excluding carboxylic acids is 1. The van der Waals surface area contributed by atoms with E-state index < -0.39 is 5.82 Å². The summed E-state index contributed by atoms with van der Waals surface area (Å²) in [7, 11) is 0. The zero-order valence-corrected chi connectivity index (χ0v) is 21.6. The predicted molar refractivity (Wildman–Crippen MR) is 141 cm³/mol. The fourth-order valence-electron chi connectivity index (χ4n) is 4.80. The molecule has 1 atom stereocenters. The molecule has 2 saturated heterocycles. The second kappa shape index (κ2) is 10.9. The van der Waals surface area contributed by atoms with E-state index >= 15 is 0 Å². The molecule has 38 heavy (non-hydrogen) atoms. The van der Waals surface area contributed by atoms with Gasteiger partial charge in [-0.25, -0.2) is 14.4 Å². The number of fused-ring (bicyclic) bond motifs is 2. The Bertz CT molecular complexity index is 1340. The van der Waals surface area contributed by atoms with Crippen LogP contribution in [0.5, 0.6) is 11.5 Å². The number of hydrogen-bond acceptors (Lipinski definition) is 9. The molecule has 1 saturated carbocycles. The van der Waals surface area contributed by atoms with Crippen LogP contribution < -0.4 is 14.8 Å². The van der Waals surface area contributed by atoms with Crippen molar-refractivity contribution in [1.82, 2.24) is 19.8 Å². The van der Waals surface area contributed by atoms with Crippen LogP contribution in [0.4, 0.5) is 15.9 Å². The number of carbonyl (C=O) groups is 1. The summed E-state index contributed by atoms with van der Waals surface area (Å²) >= 11 is 5.96. The maximum Gasteiger partial charge on any atom is 0.320 e. The van der Waals surface area contributed by atoms with Gasteiger partial charge in [0, 0.05) is 43.3 Å². The Kier molecular flexibility index (Phi) is 7.18. The topological polar surface area (TPSA) is 89.1 Å². The third-order valence-electron chi connectivity index (χ3n) is 7.18. The highest BCUT2D eigenvalue weighted by atomic mass is 35.5. The smallest absolute Gasteiger partial charge is 0.320 e. The number of ether oxygens (including phenoxy) is 3. The van der Waals surface area contributed by atoms with Gasteiger partial charge in [0.05, 0.1) is 29.7 Å². The van der Waals surface area contributed by atoms with E-state index in [4.69, 9.17) is 25.8 Å². The Labute approximate surface area is 224 Å². The van der Waals surface area contributed by atoms with Gasteiger partial charge in [0.1, 0.15) is 31.2 Å². The number of anilines is 2. The first-order valence-corrected chi connectivity index (χ1v) is 13.3. The average molecular weight is 542 g/mol. The second-order valence-corrected chi connectivity index (χ2v) is 10.4. The van der Waals surface area contributed by atoms with E-state index in [1.54, 1.807) is 6.07 Å². The maximum atomic E-state index is 13.6. The molecule has 11 heteroatoms. The molecular formula is C27H29ClFN5O4. The number of nitrogens with zero attached hydrogens (tertiary/aromatic N) is 4. The molecule has 0 bridgehead atoms. The van der Waals surface area contributed by atoms with Gasteiger partial charge in [0.2, 0.25) is 0 Å². The molecule has 0 spiro atoms. The second-order valence-electron chi connectivity index (χ2n) is 10.0. The van der Waals surface area contributed by atoms with E-state index in [1.165, 1.54) is 31.3 Å². The first kappa shape index (κ1) is 25.1. The lowest BCUT2D eigenvalue weighted by Gasteiger charge is -2.42. The average Bonchev–Trinajstić information content (AvgIpc) is 3.74. The van der Waals surface area contributed by atoms with Crippen LogP contribution in [0, 0.1) is 11.7 Å². The van der Waals surface area contributed by atoms with Crippen molar-refractivity contribution in [3.05, 3.63) is 47.5 Å². The van der Waals surface area contributed by atoms with Crippen molar-refractivity contribution in [2.75, 3.05) is 57.9 Å². The van der Waals surface area contributed by atoms with Crippen molar-refractivity contribution >= 4 is 40.0 Å². The molecule has 2 aromatic carbocycles. The Morgan fingerprint density at radius 2 is 2.00 bits per heavy atom. The lowest BCUT2D eigenvalue weighted by molar-refractivity contribution is -0.157. The summed E-state index contributed by atoms with van der Waals surface area (Å²) in [4.78, 5) is 24.9. The molecule has 200 valence electrons. The lowest BCUT2D eigenvalue weighted by atomic mass is 10.1. The number of hydrogen-bond donors (Lipinski definition) is 1. The van der Waals surface area contributed by atoms with Crippen LogP contribution in [0.3, 0.4) is 0 Å². The quantitative estimate of drug-likeness (QED) is 0.405. The summed E-state index contributed by atoms with van der Waals surface area (Å²) in [6.07, 6.45) is 3.82. The molecule has 6 rings (SSSR count). The highest BCUT2D eigenvalue weighted by Crippen LogP contribution is 2.37. The number of benzene rings is 2. The number of aromatic nitrogens is 2. The first-order valence-electron chi connectivity index (χ1n) is 12.9. The largest absolute Gasteiger partial charge is 0.489 e. The standard InChI is InChI=1S/C27H29ClFN5O4/c28-21-9-18(3-4-22(21)29)32-27-20-10-24(37-14-17-1-2-17)25(11-23(20)30-16-31-27)36-8-7-33-5-6-34-13-26(35)38-15-19(34)12-33/h3-4,9-11,16-17,19H,1-2,5-8,12-15H2,(H,30,31,32). The van der Waals surface area contributed by atoms with Gasteiger partial charge >= 0.3 is 5.97 Å². The molecule has 3 heterocycles. The van der Waals surface area contributed by atoms with Crippen molar-refractivity contribution in [2.45, 2.75) is 18.9 Å². The highest BCUT2D eigenvalue weighted by Gasteiger charge is 2.33. The Morgan fingerprint density at radius 1 is 1.13 bits per heavy atom. The molecular weight excluding hydrogens is 513 g/mol. The first-order chi connectivity index (χ1) is 18.5. The van der Waals surface area contributed by atoms with Crippen LogP contribution in [0.2, 0.25) is 5.02 Å². The van der Waals surface area contributed by atoms with Crippen molar-refractivity contribution in [1.29, 1.82) is 0 Å². The predicted octanol–water partition coefficient (Wildman–Crippen LogP) is 3.88. The van der Waals surface area contributed by atoms with Crippen LogP contribution in [0.25, 0.3) is 10.9 Å². The van der Waals surface area contributed by atoms with E-state index in [0.717, 1.165) is 31.6 Å². The normalized spacial score (nSPS) is 20.2. The van der Waals surface area contributed by atoms with Crippen molar-refractivity contribution in [2.24, 2.45) is 5.92 Å². The van der Waals surface area contributed by atoms with Gasteiger partial charge in [0.15, 0.2) is 11.5 Å². The van der Waals surface area contributed by atoms with Crippen LogP contribution in [-0.4, -0.2) is 84.3 Å². The summed E-state index contributed by atoms with van der Waals surface area (Å²) < 4.78 is 31.3. The molecule has 1 aliphatic carbocycles. The zero-order valence-electron chi connectivity index (χ0n) is 20.9. The minimum absolute atomic E-state index is 0.0309. The number of nitrogens with one attached hydrogen (secondary N) is 1. The van der Waals surface area contributed by atoms with Gasteiger partial charge < -0.3 is 19.5 Å². The van der Waals surface area contributed by atoms with Crippen molar-refractivity contribution in [3.8, 4) is 11.5 Å². The van der Waals surface area contributed by atoms with Gasteiger partial charge in [-0.2, -0.15) is 0 Å². The highest BCUT2D eigenvalue weighted by molar-refractivity contribution is 6.31. The molecule has 3 aromatic rings. The lowest BCUT2D eigenvalue weighted by Crippen LogP contribution is -2.59. The van der Waals surface area contributed by atoms with Crippen LogP contribution in [0.1, 0.15) is 12.8 Å². The molecule has 3 aliphatic rings. The van der Waals surface area contributed by atoms with E-state index in [0.29, 0.717) is 60.8 Å². The minimum atomic E-state index is -0.480. The molecule has 1 N–H and O–H groups in total. The number of cyclic esters (lactones) is 1. The van der Waals surface area contributed by atoms with Gasteiger partial charge in [0.25, 0.3) is 0 Å². The molecule has 3 fully saturated rings. The summed E-state index contributed by atoms with van der Waals surface area (Å²) in [5.41, 5.74) is 1.31. The fourth-order valence-corrected chi connectivity index (χ4v) is 4.98. The molecule has 1 unspecified atom stereocenters. The molecule has 1 aromatic heterocycles. The Hall–Kier alpha value is -3.21. The van der Waals surface area contributed by atoms with Gasteiger partial charge in [-0.15, -0.1) is 0 Å². The number of morpholine rings is 1. The van der Waals surface area contributed by atoms with E-state index in [1.807, 2.05) is 12.1 Å². The maximum absolute atomic E-state index is 13.6. The summed E-state index contributed by atoms with van der Waals surface area (Å²) in [6, 6.07) is 8.44. The Morgan fingerprint density at radius 3 is 2.84 bits per heavy atom. The zero-order chi connectivity index (χ0) is 26.1. The monoisotopic (exact) mass is 541 g/mol. The summed E-state index contributed by atoms with van der Waals surface area (Å²) in [6.45, 7) is 5.26. The number of esters is 1. The third kappa shape index (κ3) is 5.77. The number of piperazine rings is 1. The summed E-state index contributed by atoms with van der Waals surface area (Å²) in [5, 5.41) is 4.00. The van der Waals surface area contributed by atoms with Crippen molar-refractivity contribution < 1.29 is 23.4 Å². The van der Waals surface area contributed by atoms with E-state index in [-0.39, 0.29) is 17.0 Å². The van der Waals surface area contributed by atoms with Crippen LogP contribution >= 0.6 is 11.6 Å². The molecule has 0 radical (unpaired) electrons.